The molecule has 1 amide bonds. The Balaban J connectivity index is 1.77. The molecule has 0 aromatic heterocycles. The molecule has 0 spiro atoms. The summed E-state index contributed by atoms with van der Waals surface area (Å²) in [5.74, 6) is -0.148. The fourth-order valence-corrected chi connectivity index (χ4v) is 3.83. The monoisotopic (exact) mass is 433 g/mol. The second-order valence-corrected chi connectivity index (χ2v) is 8.64. The fourth-order valence-electron chi connectivity index (χ4n) is 3.31. The topological polar surface area (TPSA) is 99.2 Å². The molecular formula is C21H23NO7S. The molecule has 1 heterocycles. The third kappa shape index (κ3) is 4.56. The Labute approximate surface area is 175 Å². The van der Waals surface area contributed by atoms with Crippen molar-refractivity contribution in [2.24, 2.45) is 0 Å². The van der Waals surface area contributed by atoms with Crippen molar-refractivity contribution in [2.75, 3.05) is 31.4 Å². The molecular weight excluding hydrogens is 410 g/mol. The molecule has 160 valence electrons. The van der Waals surface area contributed by atoms with Crippen molar-refractivity contribution in [3.05, 3.63) is 53.6 Å². The Morgan fingerprint density at radius 1 is 1.13 bits per heavy atom. The first-order valence-corrected chi connectivity index (χ1v) is 10.9. The van der Waals surface area contributed by atoms with Crippen LogP contribution in [0, 0.1) is 0 Å². The van der Waals surface area contributed by atoms with E-state index in [-0.39, 0.29) is 23.3 Å². The van der Waals surface area contributed by atoms with Crippen LogP contribution in [-0.4, -0.2) is 46.8 Å². The van der Waals surface area contributed by atoms with Crippen molar-refractivity contribution >= 4 is 27.7 Å². The summed E-state index contributed by atoms with van der Waals surface area (Å²) in [6.45, 7) is 1.95. The average Bonchev–Trinajstić information content (AvgIpc) is 3.14. The number of rotatable bonds is 7. The third-order valence-corrected chi connectivity index (χ3v) is 6.11. The van der Waals surface area contributed by atoms with Gasteiger partial charge in [-0.25, -0.2) is 4.79 Å². The number of anilines is 1. The van der Waals surface area contributed by atoms with Crippen molar-refractivity contribution in [1.82, 2.24) is 0 Å². The molecule has 0 radical (unpaired) electrons. The Morgan fingerprint density at radius 2 is 1.83 bits per heavy atom. The minimum absolute atomic E-state index is 0.0501. The van der Waals surface area contributed by atoms with Crippen molar-refractivity contribution < 1.29 is 31.7 Å². The number of hydrogen-bond donors (Lipinski definition) is 0. The van der Waals surface area contributed by atoms with Crippen LogP contribution < -0.4 is 13.8 Å². The van der Waals surface area contributed by atoms with Gasteiger partial charge in [0.2, 0.25) is 5.91 Å². The number of hydrogen-bond acceptors (Lipinski definition) is 7. The second-order valence-electron chi connectivity index (χ2n) is 6.78. The van der Waals surface area contributed by atoms with E-state index in [9.17, 15) is 18.0 Å². The van der Waals surface area contributed by atoms with E-state index in [2.05, 4.69) is 0 Å². The molecule has 0 N–H and O–H groups in total. The normalized spacial score (nSPS) is 16.4. The van der Waals surface area contributed by atoms with Crippen LogP contribution in [0.2, 0.25) is 0 Å². The molecule has 8 nitrogen and oxygen atoms in total. The van der Waals surface area contributed by atoms with E-state index in [1.54, 1.807) is 35.2 Å². The predicted octanol–water partition coefficient (Wildman–Crippen LogP) is 2.73. The van der Waals surface area contributed by atoms with E-state index in [4.69, 9.17) is 13.7 Å². The molecule has 2 aromatic carbocycles. The lowest BCUT2D eigenvalue weighted by molar-refractivity contribution is -0.117. The van der Waals surface area contributed by atoms with E-state index < -0.39 is 16.1 Å². The summed E-state index contributed by atoms with van der Waals surface area (Å²) in [6.07, 6.45) is 0.309. The second kappa shape index (κ2) is 8.74. The molecule has 2 aromatic rings. The van der Waals surface area contributed by atoms with Gasteiger partial charge in [0, 0.05) is 24.6 Å². The first kappa shape index (κ1) is 21.6. The molecule has 1 aliphatic rings. The van der Waals surface area contributed by atoms with Gasteiger partial charge in [0.05, 0.1) is 20.0 Å². The van der Waals surface area contributed by atoms with Gasteiger partial charge >= 0.3 is 16.1 Å². The number of ether oxygens (including phenoxy) is 2. The number of benzene rings is 2. The minimum Gasteiger partial charge on any atom is -0.496 e. The standard InChI is InChI=1S/C21H23NO7S/c1-4-30(25,26)29-17-8-6-16(7-9-17)22-13-15(12-20(22)23)14-5-10-18(21(24)28-3)19(11-14)27-2/h5-11,15H,4,12-13H2,1-3H3. The summed E-state index contributed by atoms with van der Waals surface area (Å²) in [4.78, 5) is 26.1. The SMILES string of the molecule is CCS(=O)(=O)Oc1ccc(N2CC(c3ccc(C(=O)OC)c(OC)c3)CC2=O)cc1. The number of carbonyl (C=O) groups is 2. The summed E-state index contributed by atoms with van der Waals surface area (Å²) in [6, 6.07) is 11.5. The van der Waals surface area contributed by atoms with Crippen LogP contribution in [0.5, 0.6) is 11.5 Å². The Hall–Kier alpha value is -3.07. The van der Waals surface area contributed by atoms with Crippen LogP contribution in [0.4, 0.5) is 5.69 Å². The van der Waals surface area contributed by atoms with Gasteiger partial charge < -0.3 is 18.6 Å². The van der Waals surface area contributed by atoms with Crippen molar-refractivity contribution in [3.8, 4) is 11.5 Å². The molecule has 1 saturated heterocycles. The third-order valence-electron chi connectivity index (χ3n) is 4.95. The molecule has 0 saturated carbocycles. The van der Waals surface area contributed by atoms with E-state index in [1.807, 2.05) is 0 Å². The highest BCUT2D eigenvalue weighted by molar-refractivity contribution is 7.87. The fraction of sp³-hybridized carbons (Fsp3) is 0.333. The average molecular weight is 433 g/mol. The maximum atomic E-state index is 12.6. The first-order chi connectivity index (χ1) is 14.3. The van der Waals surface area contributed by atoms with Gasteiger partial charge in [-0.1, -0.05) is 6.07 Å². The van der Waals surface area contributed by atoms with Crippen molar-refractivity contribution in [2.45, 2.75) is 19.3 Å². The Kier molecular flexibility index (Phi) is 6.31. The zero-order valence-electron chi connectivity index (χ0n) is 17.0. The van der Waals surface area contributed by atoms with Gasteiger partial charge in [0.1, 0.15) is 17.1 Å². The molecule has 3 rings (SSSR count). The minimum atomic E-state index is -3.60. The largest absolute Gasteiger partial charge is 0.496 e. The highest BCUT2D eigenvalue weighted by Crippen LogP contribution is 2.35. The quantitative estimate of drug-likeness (QED) is 0.489. The molecule has 30 heavy (non-hydrogen) atoms. The molecule has 1 fully saturated rings. The van der Waals surface area contributed by atoms with Gasteiger partial charge in [-0.3, -0.25) is 4.79 Å². The van der Waals surface area contributed by atoms with Crippen LogP contribution in [-0.2, 0) is 19.6 Å². The zero-order chi connectivity index (χ0) is 21.9. The van der Waals surface area contributed by atoms with E-state index in [1.165, 1.54) is 33.3 Å². The van der Waals surface area contributed by atoms with Crippen LogP contribution in [0.15, 0.2) is 42.5 Å². The molecule has 1 unspecified atom stereocenters. The summed E-state index contributed by atoms with van der Waals surface area (Å²) in [7, 11) is -0.829. The molecule has 1 aliphatic heterocycles. The van der Waals surface area contributed by atoms with Gasteiger partial charge in [0.15, 0.2) is 0 Å². The number of carbonyl (C=O) groups excluding carboxylic acids is 2. The van der Waals surface area contributed by atoms with Gasteiger partial charge in [-0.15, -0.1) is 0 Å². The summed E-state index contributed by atoms with van der Waals surface area (Å²) >= 11 is 0. The van der Waals surface area contributed by atoms with Gasteiger partial charge in [0.25, 0.3) is 0 Å². The lowest BCUT2D eigenvalue weighted by atomic mass is 9.96. The highest BCUT2D eigenvalue weighted by atomic mass is 32.2. The number of amides is 1. The molecule has 1 atom stereocenters. The van der Waals surface area contributed by atoms with E-state index in [0.29, 0.717) is 30.0 Å². The number of esters is 1. The Morgan fingerprint density at radius 3 is 2.43 bits per heavy atom. The number of nitrogens with zero attached hydrogens (tertiary/aromatic N) is 1. The van der Waals surface area contributed by atoms with Gasteiger partial charge in [-0.05, 0) is 48.9 Å². The smallest absolute Gasteiger partial charge is 0.341 e. The summed E-state index contributed by atoms with van der Waals surface area (Å²) < 4.78 is 38.2. The first-order valence-electron chi connectivity index (χ1n) is 9.36. The van der Waals surface area contributed by atoms with Gasteiger partial charge in [-0.2, -0.15) is 8.42 Å². The maximum absolute atomic E-state index is 12.6. The Bertz CT molecular complexity index is 1050. The van der Waals surface area contributed by atoms with E-state index in [0.717, 1.165) is 5.56 Å². The van der Waals surface area contributed by atoms with E-state index >= 15 is 0 Å². The van der Waals surface area contributed by atoms with Crippen LogP contribution in [0.25, 0.3) is 0 Å². The van der Waals surface area contributed by atoms with Crippen LogP contribution >= 0.6 is 0 Å². The molecule has 9 heteroatoms. The predicted molar refractivity (Wildman–Crippen MR) is 111 cm³/mol. The lowest BCUT2D eigenvalue weighted by Crippen LogP contribution is -2.24. The number of methoxy groups -OCH3 is 2. The van der Waals surface area contributed by atoms with Crippen LogP contribution in [0.1, 0.15) is 35.2 Å². The van der Waals surface area contributed by atoms with Crippen molar-refractivity contribution in [3.63, 3.8) is 0 Å². The highest BCUT2D eigenvalue weighted by Gasteiger charge is 2.32. The molecule has 0 aliphatic carbocycles. The zero-order valence-corrected chi connectivity index (χ0v) is 17.8. The summed E-state index contributed by atoms with van der Waals surface area (Å²) in [5.41, 5.74) is 1.86. The molecule has 0 bridgehead atoms. The maximum Gasteiger partial charge on any atom is 0.341 e. The summed E-state index contributed by atoms with van der Waals surface area (Å²) in [5, 5.41) is 0. The van der Waals surface area contributed by atoms with Crippen LogP contribution in [0.3, 0.4) is 0 Å². The lowest BCUT2D eigenvalue weighted by Gasteiger charge is -2.18. The van der Waals surface area contributed by atoms with Crippen molar-refractivity contribution in [1.29, 1.82) is 0 Å².